The number of carbonyl (C=O) groups is 2. The number of anilines is 3. The Labute approximate surface area is 186 Å². The Balaban J connectivity index is 1.56. The Morgan fingerprint density at radius 1 is 0.906 bits per heavy atom. The maximum absolute atomic E-state index is 12.9. The predicted molar refractivity (Wildman–Crippen MR) is 125 cm³/mol. The van der Waals surface area contributed by atoms with E-state index in [-0.39, 0.29) is 16.4 Å². The van der Waals surface area contributed by atoms with E-state index in [0.29, 0.717) is 29.8 Å². The zero-order chi connectivity index (χ0) is 22.9. The van der Waals surface area contributed by atoms with Crippen LogP contribution >= 0.6 is 0 Å². The van der Waals surface area contributed by atoms with E-state index in [9.17, 15) is 18.0 Å². The Bertz CT molecular complexity index is 1320. The van der Waals surface area contributed by atoms with Gasteiger partial charge < -0.3 is 10.6 Å². The van der Waals surface area contributed by atoms with Gasteiger partial charge in [-0.3, -0.25) is 14.3 Å². The lowest BCUT2D eigenvalue weighted by Gasteiger charge is -2.18. The van der Waals surface area contributed by atoms with Gasteiger partial charge in [-0.2, -0.15) is 0 Å². The number of sulfonamides is 1. The average Bonchev–Trinajstić information content (AvgIpc) is 2.75. The van der Waals surface area contributed by atoms with Gasteiger partial charge in [-0.05, 0) is 73.9 Å². The molecule has 32 heavy (non-hydrogen) atoms. The maximum Gasteiger partial charge on any atom is 0.261 e. The van der Waals surface area contributed by atoms with E-state index in [0.717, 1.165) is 16.8 Å². The lowest BCUT2D eigenvalue weighted by atomic mass is 10.0. The van der Waals surface area contributed by atoms with Crippen molar-refractivity contribution < 1.29 is 18.0 Å². The molecule has 0 atom stereocenters. The Hall–Kier alpha value is -3.65. The molecule has 1 aliphatic heterocycles. The summed E-state index contributed by atoms with van der Waals surface area (Å²) in [5.74, 6) is -0.433. The fourth-order valence-corrected chi connectivity index (χ4v) is 4.59. The molecule has 3 aromatic carbocycles. The molecule has 0 saturated heterocycles. The van der Waals surface area contributed by atoms with E-state index >= 15 is 0 Å². The van der Waals surface area contributed by atoms with Crippen LogP contribution in [-0.4, -0.2) is 20.2 Å². The average molecular weight is 450 g/mol. The van der Waals surface area contributed by atoms with E-state index in [1.807, 2.05) is 25.1 Å². The summed E-state index contributed by atoms with van der Waals surface area (Å²) in [5, 5.41) is 5.63. The third kappa shape index (κ3) is 4.65. The molecule has 7 nitrogen and oxygen atoms in total. The van der Waals surface area contributed by atoms with Gasteiger partial charge in [0, 0.05) is 29.0 Å². The highest BCUT2D eigenvalue weighted by atomic mass is 32.2. The van der Waals surface area contributed by atoms with Crippen LogP contribution in [0.3, 0.4) is 0 Å². The van der Waals surface area contributed by atoms with Crippen LogP contribution in [0, 0.1) is 13.8 Å². The molecule has 0 fully saturated rings. The summed E-state index contributed by atoms with van der Waals surface area (Å²) in [6.07, 6.45) is 1.000. The Kier molecular flexibility index (Phi) is 5.71. The second-order valence-corrected chi connectivity index (χ2v) is 9.50. The Morgan fingerprint density at radius 3 is 2.38 bits per heavy atom. The highest BCUT2D eigenvalue weighted by Gasteiger charge is 2.20. The van der Waals surface area contributed by atoms with Crippen molar-refractivity contribution in [3.63, 3.8) is 0 Å². The number of nitrogens with one attached hydrogen (secondary N) is 3. The highest BCUT2D eigenvalue weighted by molar-refractivity contribution is 7.92. The summed E-state index contributed by atoms with van der Waals surface area (Å²) in [6, 6.07) is 16.7. The minimum Gasteiger partial charge on any atom is -0.326 e. The number of rotatable bonds is 5. The van der Waals surface area contributed by atoms with E-state index in [1.54, 1.807) is 37.3 Å². The molecular weight excluding hydrogens is 426 g/mol. The topological polar surface area (TPSA) is 104 Å². The highest BCUT2D eigenvalue weighted by Crippen LogP contribution is 2.26. The number of benzene rings is 3. The predicted octanol–water partition coefficient (Wildman–Crippen LogP) is 4.24. The molecule has 0 spiro atoms. The molecule has 0 unspecified atom stereocenters. The summed E-state index contributed by atoms with van der Waals surface area (Å²) >= 11 is 0. The number of fused-ring (bicyclic) bond motifs is 1. The first-order chi connectivity index (χ1) is 15.2. The van der Waals surface area contributed by atoms with E-state index in [1.165, 1.54) is 12.1 Å². The number of hydrogen-bond donors (Lipinski definition) is 3. The summed E-state index contributed by atoms with van der Waals surface area (Å²) in [6.45, 7) is 3.67. The monoisotopic (exact) mass is 449 g/mol. The molecule has 0 aliphatic carbocycles. The van der Waals surface area contributed by atoms with Crippen LogP contribution in [0.2, 0.25) is 0 Å². The van der Waals surface area contributed by atoms with Crippen LogP contribution in [0.4, 0.5) is 17.1 Å². The first-order valence-electron chi connectivity index (χ1n) is 10.2. The van der Waals surface area contributed by atoms with E-state index in [2.05, 4.69) is 15.4 Å². The Morgan fingerprint density at radius 2 is 1.62 bits per heavy atom. The second kappa shape index (κ2) is 8.47. The smallest absolute Gasteiger partial charge is 0.261 e. The molecule has 0 radical (unpaired) electrons. The van der Waals surface area contributed by atoms with Gasteiger partial charge in [-0.25, -0.2) is 8.42 Å². The minimum atomic E-state index is -3.86. The standard InChI is InChI=1S/C24H23N3O4S/c1-15-3-7-18(8-4-15)27-32(30,31)20-10-5-16(2)21(14-20)24(29)25-19-9-11-22-17(13-19)6-12-23(28)26-22/h3-5,7-11,13-14,27H,6,12H2,1-2H3,(H,25,29)(H,26,28). The van der Waals surface area contributed by atoms with Gasteiger partial charge in [0.2, 0.25) is 5.91 Å². The van der Waals surface area contributed by atoms with Crippen molar-refractivity contribution in [2.24, 2.45) is 0 Å². The summed E-state index contributed by atoms with van der Waals surface area (Å²) in [4.78, 5) is 24.5. The fourth-order valence-electron chi connectivity index (χ4n) is 3.51. The first kappa shape index (κ1) is 21.6. The molecular formula is C24H23N3O4S. The molecule has 4 rings (SSSR count). The molecule has 8 heteroatoms. The van der Waals surface area contributed by atoms with Crippen LogP contribution < -0.4 is 15.4 Å². The van der Waals surface area contributed by atoms with Crippen LogP contribution in [0.5, 0.6) is 0 Å². The van der Waals surface area contributed by atoms with Gasteiger partial charge in [-0.1, -0.05) is 23.8 Å². The van der Waals surface area contributed by atoms with Crippen LogP contribution in [0.15, 0.2) is 65.6 Å². The molecule has 0 saturated carbocycles. The van der Waals surface area contributed by atoms with Gasteiger partial charge in [0.25, 0.3) is 15.9 Å². The van der Waals surface area contributed by atoms with Gasteiger partial charge in [-0.15, -0.1) is 0 Å². The van der Waals surface area contributed by atoms with Crippen molar-refractivity contribution in [2.45, 2.75) is 31.6 Å². The van der Waals surface area contributed by atoms with Crippen LogP contribution in [0.25, 0.3) is 0 Å². The third-order valence-electron chi connectivity index (χ3n) is 5.33. The lowest BCUT2D eigenvalue weighted by Crippen LogP contribution is -2.20. The summed E-state index contributed by atoms with van der Waals surface area (Å²) in [7, 11) is -3.86. The molecule has 1 heterocycles. The zero-order valence-corrected chi connectivity index (χ0v) is 18.5. The number of carbonyl (C=O) groups excluding carboxylic acids is 2. The lowest BCUT2D eigenvalue weighted by molar-refractivity contribution is -0.116. The van der Waals surface area contributed by atoms with Gasteiger partial charge in [0.15, 0.2) is 0 Å². The van der Waals surface area contributed by atoms with E-state index in [4.69, 9.17) is 0 Å². The van der Waals surface area contributed by atoms with E-state index < -0.39 is 15.9 Å². The third-order valence-corrected chi connectivity index (χ3v) is 6.71. The molecule has 0 aromatic heterocycles. The molecule has 0 bridgehead atoms. The minimum absolute atomic E-state index is 0.00183. The van der Waals surface area contributed by atoms with Crippen molar-refractivity contribution in [1.82, 2.24) is 0 Å². The largest absolute Gasteiger partial charge is 0.326 e. The molecule has 3 aromatic rings. The van der Waals surface area contributed by atoms with Crippen molar-refractivity contribution >= 4 is 38.9 Å². The van der Waals surface area contributed by atoms with Gasteiger partial charge >= 0.3 is 0 Å². The van der Waals surface area contributed by atoms with Gasteiger partial charge in [0.05, 0.1) is 4.90 Å². The molecule has 2 amide bonds. The molecule has 164 valence electrons. The summed E-state index contributed by atoms with van der Waals surface area (Å²) in [5.41, 5.74) is 4.65. The van der Waals surface area contributed by atoms with Crippen molar-refractivity contribution in [3.05, 3.63) is 82.9 Å². The van der Waals surface area contributed by atoms with Crippen molar-refractivity contribution in [3.8, 4) is 0 Å². The fraction of sp³-hybridized carbons (Fsp3) is 0.167. The van der Waals surface area contributed by atoms with Gasteiger partial charge in [0.1, 0.15) is 0 Å². The second-order valence-electron chi connectivity index (χ2n) is 7.82. The normalized spacial score (nSPS) is 13.1. The summed E-state index contributed by atoms with van der Waals surface area (Å²) < 4.78 is 28.2. The van der Waals surface area contributed by atoms with Crippen molar-refractivity contribution in [2.75, 3.05) is 15.4 Å². The number of amides is 2. The number of hydrogen-bond acceptors (Lipinski definition) is 4. The molecule has 1 aliphatic rings. The first-order valence-corrected chi connectivity index (χ1v) is 11.6. The van der Waals surface area contributed by atoms with Crippen LogP contribution in [-0.2, 0) is 21.2 Å². The van der Waals surface area contributed by atoms with Crippen molar-refractivity contribution in [1.29, 1.82) is 0 Å². The molecule has 3 N–H and O–H groups in total. The van der Waals surface area contributed by atoms with Crippen LogP contribution in [0.1, 0.15) is 33.5 Å². The SMILES string of the molecule is Cc1ccc(NS(=O)(=O)c2ccc(C)c(C(=O)Nc3ccc4c(c3)CCC(=O)N4)c2)cc1. The zero-order valence-electron chi connectivity index (χ0n) is 17.7. The maximum atomic E-state index is 12.9. The quantitative estimate of drug-likeness (QED) is 0.542. The number of aryl methyl sites for hydroxylation is 3.